The Morgan fingerprint density at radius 3 is 2.62 bits per heavy atom. The average molecular weight is 196 g/mol. The number of urea groups is 1. The molecule has 0 aliphatic rings. The predicted molar refractivity (Wildman–Crippen MR) is 57.3 cm³/mol. The van der Waals surface area contributed by atoms with E-state index in [0.717, 1.165) is 5.69 Å². The van der Waals surface area contributed by atoms with Gasteiger partial charge in [-0.05, 0) is 12.1 Å². The number of para-hydroxylation sites is 1. The number of carbonyl (C=O) groups is 1. The van der Waals surface area contributed by atoms with Crippen LogP contribution in [0.1, 0.15) is 0 Å². The van der Waals surface area contributed by atoms with Crippen molar-refractivity contribution in [3.05, 3.63) is 30.3 Å². The highest BCUT2D eigenvalue weighted by atomic mass is 32.1. The zero-order valence-electron chi connectivity index (χ0n) is 7.16. The fourth-order valence-electron chi connectivity index (χ4n) is 0.866. The zero-order valence-corrected chi connectivity index (χ0v) is 8.05. The first-order chi connectivity index (χ1) is 6.33. The minimum Gasteiger partial charge on any atom is -0.337 e. The Labute approximate surface area is 82.9 Å². The van der Waals surface area contributed by atoms with Crippen molar-refractivity contribution in [2.24, 2.45) is 0 Å². The Balaban J connectivity index is 2.37. The van der Waals surface area contributed by atoms with Gasteiger partial charge < -0.3 is 10.6 Å². The second kappa shape index (κ2) is 5.48. The molecular formula is C9H12N2OS. The maximum atomic E-state index is 11.1. The highest BCUT2D eigenvalue weighted by Crippen LogP contribution is 2.03. The lowest BCUT2D eigenvalue weighted by Gasteiger charge is -2.05. The van der Waals surface area contributed by atoms with Crippen LogP contribution >= 0.6 is 12.6 Å². The minimum atomic E-state index is -0.194. The van der Waals surface area contributed by atoms with Crippen LogP contribution in [0.15, 0.2) is 30.3 Å². The van der Waals surface area contributed by atoms with Crippen LogP contribution in [0, 0.1) is 0 Å². The highest BCUT2D eigenvalue weighted by Gasteiger charge is 1.97. The number of thiol groups is 1. The van der Waals surface area contributed by atoms with E-state index in [0.29, 0.717) is 12.3 Å². The second-order valence-corrected chi connectivity index (χ2v) is 2.92. The van der Waals surface area contributed by atoms with Gasteiger partial charge in [0.05, 0.1) is 0 Å². The molecule has 70 valence electrons. The number of rotatable bonds is 3. The van der Waals surface area contributed by atoms with E-state index in [9.17, 15) is 4.79 Å². The smallest absolute Gasteiger partial charge is 0.319 e. The Morgan fingerprint density at radius 1 is 1.31 bits per heavy atom. The maximum Gasteiger partial charge on any atom is 0.319 e. The average Bonchev–Trinajstić information content (AvgIpc) is 2.16. The summed E-state index contributed by atoms with van der Waals surface area (Å²) in [5.41, 5.74) is 0.791. The fraction of sp³-hybridized carbons (Fsp3) is 0.222. The van der Waals surface area contributed by atoms with Gasteiger partial charge >= 0.3 is 6.03 Å². The summed E-state index contributed by atoms with van der Waals surface area (Å²) in [4.78, 5) is 11.1. The number of amides is 2. The molecule has 0 heterocycles. The van der Waals surface area contributed by atoms with Crippen molar-refractivity contribution in [2.75, 3.05) is 17.6 Å². The van der Waals surface area contributed by atoms with Crippen LogP contribution in [0.5, 0.6) is 0 Å². The third-order valence-electron chi connectivity index (χ3n) is 1.43. The molecule has 0 bridgehead atoms. The van der Waals surface area contributed by atoms with E-state index in [-0.39, 0.29) is 6.03 Å². The summed E-state index contributed by atoms with van der Waals surface area (Å²) < 4.78 is 0. The van der Waals surface area contributed by atoms with Crippen molar-refractivity contribution < 1.29 is 4.79 Å². The zero-order chi connectivity index (χ0) is 9.52. The standard InChI is InChI=1S/C9H12N2OS/c12-9(10-6-7-13)11-8-4-2-1-3-5-8/h1-5,13H,6-7H2,(H2,10,11,12). The summed E-state index contributed by atoms with van der Waals surface area (Å²) in [7, 11) is 0. The van der Waals surface area contributed by atoms with E-state index >= 15 is 0 Å². The maximum absolute atomic E-state index is 11.1. The third-order valence-corrected chi connectivity index (χ3v) is 1.65. The van der Waals surface area contributed by atoms with Crippen LogP contribution in [0.25, 0.3) is 0 Å². The third kappa shape index (κ3) is 3.85. The SMILES string of the molecule is O=C(NCCS)Nc1ccccc1. The van der Waals surface area contributed by atoms with Gasteiger partial charge in [-0.3, -0.25) is 0 Å². The van der Waals surface area contributed by atoms with Crippen LogP contribution in [-0.4, -0.2) is 18.3 Å². The van der Waals surface area contributed by atoms with Gasteiger partial charge in [-0.2, -0.15) is 12.6 Å². The largest absolute Gasteiger partial charge is 0.337 e. The number of hydrogen-bond donors (Lipinski definition) is 3. The number of hydrogen-bond acceptors (Lipinski definition) is 2. The molecule has 0 saturated heterocycles. The van der Waals surface area contributed by atoms with E-state index in [1.807, 2.05) is 30.3 Å². The lowest BCUT2D eigenvalue weighted by atomic mass is 10.3. The number of benzene rings is 1. The molecule has 0 aliphatic heterocycles. The second-order valence-electron chi connectivity index (χ2n) is 2.47. The molecule has 2 amide bonds. The van der Waals surface area contributed by atoms with Gasteiger partial charge in [-0.15, -0.1) is 0 Å². The lowest BCUT2D eigenvalue weighted by Crippen LogP contribution is -2.30. The number of carbonyl (C=O) groups excluding carboxylic acids is 1. The monoisotopic (exact) mass is 196 g/mol. The molecule has 0 fully saturated rings. The predicted octanol–water partition coefficient (Wildman–Crippen LogP) is 1.74. The first-order valence-corrected chi connectivity index (χ1v) is 4.67. The number of anilines is 1. The summed E-state index contributed by atoms with van der Waals surface area (Å²) in [5, 5.41) is 5.35. The van der Waals surface area contributed by atoms with Crippen LogP contribution < -0.4 is 10.6 Å². The van der Waals surface area contributed by atoms with E-state index in [1.54, 1.807) is 0 Å². The van der Waals surface area contributed by atoms with Crippen molar-refractivity contribution in [1.82, 2.24) is 5.32 Å². The molecule has 0 atom stereocenters. The normalized spacial score (nSPS) is 9.31. The molecule has 4 heteroatoms. The van der Waals surface area contributed by atoms with Gasteiger partial charge in [0.15, 0.2) is 0 Å². The van der Waals surface area contributed by atoms with E-state index in [2.05, 4.69) is 23.3 Å². The quantitative estimate of drug-likeness (QED) is 0.633. The van der Waals surface area contributed by atoms with Crippen LogP contribution in [-0.2, 0) is 0 Å². The van der Waals surface area contributed by atoms with Crippen molar-refractivity contribution >= 4 is 24.3 Å². The highest BCUT2D eigenvalue weighted by molar-refractivity contribution is 7.80. The van der Waals surface area contributed by atoms with Gasteiger partial charge in [0.2, 0.25) is 0 Å². The molecule has 0 unspecified atom stereocenters. The summed E-state index contributed by atoms with van der Waals surface area (Å²) >= 11 is 3.98. The first kappa shape index (κ1) is 9.92. The summed E-state index contributed by atoms with van der Waals surface area (Å²) in [6, 6.07) is 9.11. The molecule has 1 aromatic rings. The van der Waals surface area contributed by atoms with Crippen LogP contribution in [0.3, 0.4) is 0 Å². The van der Waals surface area contributed by atoms with Crippen molar-refractivity contribution in [3.63, 3.8) is 0 Å². The van der Waals surface area contributed by atoms with Crippen LogP contribution in [0.4, 0.5) is 10.5 Å². The summed E-state index contributed by atoms with van der Waals surface area (Å²) in [6.07, 6.45) is 0. The molecule has 3 nitrogen and oxygen atoms in total. The first-order valence-electron chi connectivity index (χ1n) is 4.03. The molecule has 13 heavy (non-hydrogen) atoms. The summed E-state index contributed by atoms with van der Waals surface area (Å²) in [5.74, 6) is 0.641. The molecule has 0 radical (unpaired) electrons. The van der Waals surface area contributed by atoms with Crippen LogP contribution in [0.2, 0.25) is 0 Å². The van der Waals surface area contributed by atoms with Crippen molar-refractivity contribution in [1.29, 1.82) is 0 Å². The van der Waals surface area contributed by atoms with Crippen molar-refractivity contribution in [3.8, 4) is 0 Å². The Kier molecular flexibility index (Phi) is 4.18. The molecule has 0 aliphatic carbocycles. The van der Waals surface area contributed by atoms with Crippen molar-refractivity contribution in [2.45, 2.75) is 0 Å². The molecule has 0 aromatic heterocycles. The minimum absolute atomic E-state index is 0.194. The van der Waals surface area contributed by atoms with E-state index in [4.69, 9.17) is 0 Å². The van der Waals surface area contributed by atoms with Gasteiger partial charge in [0.1, 0.15) is 0 Å². The molecule has 0 spiro atoms. The van der Waals surface area contributed by atoms with E-state index < -0.39 is 0 Å². The Bertz CT molecular complexity index is 264. The number of nitrogens with one attached hydrogen (secondary N) is 2. The fourth-order valence-corrected chi connectivity index (χ4v) is 0.978. The van der Waals surface area contributed by atoms with Gasteiger partial charge in [0, 0.05) is 18.0 Å². The Hall–Kier alpha value is -1.16. The topological polar surface area (TPSA) is 41.1 Å². The molecule has 2 N–H and O–H groups in total. The van der Waals surface area contributed by atoms with E-state index in [1.165, 1.54) is 0 Å². The van der Waals surface area contributed by atoms with Gasteiger partial charge in [0.25, 0.3) is 0 Å². The summed E-state index contributed by atoms with van der Waals surface area (Å²) in [6.45, 7) is 0.571. The van der Waals surface area contributed by atoms with Gasteiger partial charge in [-0.25, -0.2) is 4.79 Å². The molecule has 1 rings (SSSR count). The molecule has 1 aromatic carbocycles. The molecular weight excluding hydrogens is 184 g/mol. The Morgan fingerprint density at radius 2 is 2.00 bits per heavy atom. The lowest BCUT2D eigenvalue weighted by molar-refractivity contribution is 0.252. The van der Waals surface area contributed by atoms with Gasteiger partial charge in [-0.1, -0.05) is 18.2 Å². The molecule has 0 saturated carbocycles.